The van der Waals surface area contributed by atoms with Gasteiger partial charge in [-0.3, -0.25) is 4.68 Å². The molecule has 1 aromatic carbocycles. The molecule has 0 radical (unpaired) electrons. The number of hydrogen-bond donors (Lipinski definition) is 1. The number of nitrogens with zero attached hydrogens (tertiary/aromatic N) is 2. The summed E-state index contributed by atoms with van der Waals surface area (Å²) in [6.07, 6.45) is 3.89. The SMILES string of the molecule is CCn1cc(C(C)NC(C)c2ccc(OC)c(F)c2)cn1. The van der Waals surface area contributed by atoms with Gasteiger partial charge in [0.1, 0.15) is 0 Å². The highest BCUT2D eigenvalue weighted by Gasteiger charge is 2.14. The fourth-order valence-electron chi connectivity index (χ4n) is 2.30. The van der Waals surface area contributed by atoms with Crippen molar-refractivity contribution in [3.8, 4) is 5.75 Å². The van der Waals surface area contributed by atoms with Crippen LogP contribution in [0.3, 0.4) is 0 Å². The Balaban J connectivity index is 2.06. The van der Waals surface area contributed by atoms with Crippen LogP contribution in [0, 0.1) is 5.82 Å². The molecule has 0 amide bonds. The van der Waals surface area contributed by atoms with E-state index in [1.165, 1.54) is 13.2 Å². The molecule has 1 N–H and O–H groups in total. The highest BCUT2D eigenvalue weighted by molar-refractivity contribution is 5.31. The second-order valence-corrected chi connectivity index (χ2v) is 5.13. The number of benzene rings is 1. The molecule has 0 aliphatic heterocycles. The third-order valence-corrected chi connectivity index (χ3v) is 3.65. The van der Waals surface area contributed by atoms with Gasteiger partial charge in [0, 0.05) is 30.4 Å². The molecule has 2 rings (SSSR count). The summed E-state index contributed by atoms with van der Waals surface area (Å²) in [4.78, 5) is 0. The Bertz CT molecular complexity index is 597. The van der Waals surface area contributed by atoms with Crippen LogP contribution in [0.2, 0.25) is 0 Å². The van der Waals surface area contributed by atoms with Crippen molar-refractivity contribution >= 4 is 0 Å². The van der Waals surface area contributed by atoms with Gasteiger partial charge in [-0.1, -0.05) is 6.07 Å². The van der Waals surface area contributed by atoms with Gasteiger partial charge in [0.05, 0.1) is 13.3 Å². The van der Waals surface area contributed by atoms with Gasteiger partial charge in [-0.25, -0.2) is 4.39 Å². The maximum atomic E-state index is 13.8. The first kappa shape index (κ1) is 15.5. The summed E-state index contributed by atoms with van der Waals surface area (Å²) in [5.74, 6) is -0.0710. The molecule has 2 unspecified atom stereocenters. The Labute approximate surface area is 124 Å². The van der Waals surface area contributed by atoms with Crippen LogP contribution in [0.4, 0.5) is 4.39 Å². The van der Waals surface area contributed by atoms with Crippen LogP contribution in [0.1, 0.15) is 44.0 Å². The Hall–Kier alpha value is -1.88. The summed E-state index contributed by atoms with van der Waals surface area (Å²) in [5.41, 5.74) is 2.01. The van der Waals surface area contributed by atoms with E-state index < -0.39 is 0 Å². The van der Waals surface area contributed by atoms with Gasteiger partial charge >= 0.3 is 0 Å². The maximum Gasteiger partial charge on any atom is 0.165 e. The number of aryl methyl sites for hydroxylation is 1. The molecule has 2 aromatic rings. The largest absolute Gasteiger partial charge is 0.494 e. The maximum absolute atomic E-state index is 13.8. The zero-order valence-electron chi connectivity index (χ0n) is 12.9. The summed E-state index contributed by atoms with van der Waals surface area (Å²) in [6.45, 7) is 7.00. The average Bonchev–Trinajstić information content (AvgIpc) is 2.96. The molecule has 0 aliphatic carbocycles. The van der Waals surface area contributed by atoms with Crippen LogP contribution in [0.15, 0.2) is 30.6 Å². The molecular formula is C16H22FN3O. The van der Waals surface area contributed by atoms with E-state index in [1.807, 2.05) is 30.1 Å². The molecule has 1 heterocycles. The van der Waals surface area contributed by atoms with E-state index in [2.05, 4.69) is 24.3 Å². The summed E-state index contributed by atoms with van der Waals surface area (Å²) >= 11 is 0. The van der Waals surface area contributed by atoms with Gasteiger partial charge in [0.15, 0.2) is 11.6 Å². The molecule has 0 spiro atoms. The third kappa shape index (κ3) is 3.61. The summed E-state index contributed by atoms with van der Waals surface area (Å²) in [5, 5.41) is 7.73. The predicted molar refractivity (Wildman–Crippen MR) is 80.8 cm³/mol. The number of nitrogens with one attached hydrogen (secondary N) is 1. The smallest absolute Gasteiger partial charge is 0.165 e. The topological polar surface area (TPSA) is 39.1 Å². The number of methoxy groups -OCH3 is 1. The van der Waals surface area contributed by atoms with Crippen molar-refractivity contribution in [3.63, 3.8) is 0 Å². The van der Waals surface area contributed by atoms with Crippen LogP contribution >= 0.6 is 0 Å². The number of aromatic nitrogens is 2. The minimum Gasteiger partial charge on any atom is -0.494 e. The molecule has 2 atom stereocenters. The zero-order chi connectivity index (χ0) is 15.4. The van der Waals surface area contributed by atoms with Crippen LogP contribution in [-0.4, -0.2) is 16.9 Å². The molecule has 0 bridgehead atoms. The van der Waals surface area contributed by atoms with Crippen LogP contribution in [0.25, 0.3) is 0 Å². The molecule has 0 fully saturated rings. The molecule has 5 heteroatoms. The van der Waals surface area contributed by atoms with Crippen molar-refractivity contribution in [3.05, 3.63) is 47.5 Å². The van der Waals surface area contributed by atoms with E-state index in [0.717, 1.165) is 17.7 Å². The first-order valence-corrected chi connectivity index (χ1v) is 7.17. The lowest BCUT2D eigenvalue weighted by molar-refractivity contribution is 0.385. The lowest BCUT2D eigenvalue weighted by Gasteiger charge is -2.20. The first-order valence-electron chi connectivity index (χ1n) is 7.17. The molecule has 21 heavy (non-hydrogen) atoms. The van der Waals surface area contributed by atoms with E-state index >= 15 is 0 Å². The van der Waals surface area contributed by atoms with Gasteiger partial charge in [0.25, 0.3) is 0 Å². The van der Waals surface area contributed by atoms with Crippen LogP contribution in [0.5, 0.6) is 5.75 Å². The number of rotatable bonds is 6. The summed E-state index contributed by atoms with van der Waals surface area (Å²) < 4.78 is 20.6. The quantitative estimate of drug-likeness (QED) is 0.886. The lowest BCUT2D eigenvalue weighted by atomic mass is 10.1. The molecular weight excluding hydrogens is 269 g/mol. The fraction of sp³-hybridized carbons (Fsp3) is 0.438. The number of ether oxygens (including phenoxy) is 1. The molecule has 114 valence electrons. The highest BCUT2D eigenvalue weighted by Crippen LogP contribution is 2.24. The Morgan fingerprint density at radius 3 is 2.57 bits per heavy atom. The molecule has 0 saturated carbocycles. The summed E-state index contributed by atoms with van der Waals surface area (Å²) in [7, 11) is 1.47. The van der Waals surface area contributed by atoms with E-state index in [9.17, 15) is 4.39 Å². The summed E-state index contributed by atoms with van der Waals surface area (Å²) in [6, 6.07) is 5.22. The third-order valence-electron chi connectivity index (χ3n) is 3.65. The van der Waals surface area contributed by atoms with E-state index in [4.69, 9.17) is 4.74 Å². The second-order valence-electron chi connectivity index (χ2n) is 5.13. The van der Waals surface area contributed by atoms with Crippen molar-refractivity contribution < 1.29 is 9.13 Å². The number of hydrogen-bond acceptors (Lipinski definition) is 3. The van der Waals surface area contributed by atoms with Gasteiger partial charge in [-0.05, 0) is 38.5 Å². The fourth-order valence-corrected chi connectivity index (χ4v) is 2.30. The predicted octanol–water partition coefficient (Wildman–Crippen LogP) is 3.46. The molecule has 1 aromatic heterocycles. The molecule has 0 saturated heterocycles. The van der Waals surface area contributed by atoms with Crippen LogP contribution in [-0.2, 0) is 6.54 Å². The van der Waals surface area contributed by atoms with E-state index in [-0.39, 0.29) is 23.7 Å². The van der Waals surface area contributed by atoms with Gasteiger partial charge in [-0.2, -0.15) is 5.10 Å². The van der Waals surface area contributed by atoms with Gasteiger partial charge in [-0.15, -0.1) is 0 Å². The van der Waals surface area contributed by atoms with Crippen LogP contribution < -0.4 is 10.1 Å². The zero-order valence-corrected chi connectivity index (χ0v) is 12.9. The highest BCUT2D eigenvalue weighted by atomic mass is 19.1. The van der Waals surface area contributed by atoms with Crippen molar-refractivity contribution in [2.24, 2.45) is 0 Å². The first-order chi connectivity index (χ1) is 10.0. The van der Waals surface area contributed by atoms with E-state index in [0.29, 0.717) is 0 Å². The van der Waals surface area contributed by atoms with Gasteiger partial charge in [0.2, 0.25) is 0 Å². The second kappa shape index (κ2) is 6.72. The average molecular weight is 291 g/mol. The van der Waals surface area contributed by atoms with Crippen molar-refractivity contribution in [2.75, 3.05) is 7.11 Å². The van der Waals surface area contributed by atoms with Crippen molar-refractivity contribution in [1.29, 1.82) is 0 Å². The molecule has 0 aliphatic rings. The standard InChI is InChI=1S/C16H22FN3O/c1-5-20-10-14(9-18-20)12(3)19-11(2)13-6-7-16(21-4)15(17)8-13/h6-12,19H,5H2,1-4H3. The lowest BCUT2D eigenvalue weighted by Crippen LogP contribution is -2.22. The van der Waals surface area contributed by atoms with Gasteiger partial charge < -0.3 is 10.1 Å². The Morgan fingerprint density at radius 1 is 1.29 bits per heavy atom. The Kier molecular flexibility index (Phi) is 4.96. The minimum atomic E-state index is -0.338. The van der Waals surface area contributed by atoms with Crippen molar-refractivity contribution in [2.45, 2.75) is 39.4 Å². The molecule has 4 nitrogen and oxygen atoms in total. The number of halogens is 1. The normalized spacial score (nSPS) is 14.0. The van der Waals surface area contributed by atoms with Crippen molar-refractivity contribution in [1.82, 2.24) is 15.1 Å². The minimum absolute atomic E-state index is 0.0328. The van der Waals surface area contributed by atoms with E-state index in [1.54, 1.807) is 6.07 Å². The monoisotopic (exact) mass is 291 g/mol. The Morgan fingerprint density at radius 2 is 2.00 bits per heavy atom.